The summed E-state index contributed by atoms with van der Waals surface area (Å²) in [7, 11) is 0. The number of carbonyl (C=O) groups is 2. The molecule has 1 aliphatic heterocycles. The zero-order chi connectivity index (χ0) is 16.2. The summed E-state index contributed by atoms with van der Waals surface area (Å²) < 4.78 is 0. The number of hydrogen-bond acceptors (Lipinski definition) is 3. The predicted octanol–water partition coefficient (Wildman–Crippen LogP) is 1.48. The predicted molar refractivity (Wildman–Crippen MR) is 83.8 cm³/mol. The number of nitrogens with one attached hydrogen (secondary N) is 1. The van der Waals surface area contributed by atoms with Gasteiger partial charge in [-0.1, -0.05) is 6.07 Å². The van der Waals surface area contributed by atoms with Crippen molar-refractivity contribution in [2.75, 3.05) is 26.2 Å². The van der Waals surface area contributed by atoms with Crippen LogP contribution in [0, 0.1) is 11.3 Å². The van der Waals surface area contributed by atoms with Gasteiger partial charge in [-0.05, 0) is 30.3 Å². The van der Waals surface area contributed by atoms with E-state index in [4.69, 9.17) is 5.26 Å². The zero-order valence-electron chi connectivity index (χ0n) is 12.5. The quantitative estimate of drug-likeness (QED) is 0.912. The molecule has 0 radical (unpaired) electrons. The lowest BCUT2D eigenvalue weighted by molar-refractivity contribution is 0.0532. The molecule has 1 aliphatic rings. The van der Waals surface area contributed by atoms with E-state index in [1.807, 2.05) is 6.07 Å². The molecule has 0 saturated carbocycles. The lowest BCUT2D eigenvalue weighted by Gasteiger charge is -2.34. The summed E-state index contributed by atoms with van der Waals surface area (Å²) >= 11 is 0. The van der Waals surface area contributed by atoms with Crippen LogP contribution in [-0.4, -0.2) is 52.8 Å². The van der Waals surface area contributed by atoms with Crippen LogP contribution in [0.1, 0.15) is 26.4 Å². The number of piperazine rings is 1. The number of rotatable bonds is 2. The fourth-order valence-electron chi connectivity index (χ4n) is 2.65. The van der Waals surface area contributed by atoms with E-state index in [0.717, 1.165) is 0 Å². The average Bonchev–Trinajstić information content (AvgIpc) is 3.15. The average molecular weight is 308 g/mol. The first-order valence-electron chi connectivity index (χ1n) is 7.41. The second-order valence-electron chi connectivity index (χ2n) is 5.36. The smallest absolute Gasteiger partial charge is 0.270 e. The van der Waals surface area contributed by atoms with Crippen LogP contribution in [0.15, 0.2) is 42.6 Å². The van der Waals surface area contributed by atoms with Crippen molar-refractivity contribution in [3.05, 3.63) is 59.4 Å². The number of H-pyrrole nitrogens is 1. The zero-order valence-corrected chi connectivity index (χ0v) is 12.5. The third-order valence-electron chi connectivity index (χ3n) is 3.92. The molecule has 1 N–H and O–H groups in total. The first-order valence-corrected chi connectivity index (χ1v) is 7.41. The molecule has 2 heterocycles. The highest BCUT2D eigenvalue weighted by Crippen LogP contribution is 2.12. The summed E-state index contributed by atoms with van der Waals surface area (Å²) in [4.78, 5) is 31.1. The monoisotopic (exact) mass is 308 g/mol. The van der Waals surface area contributed by atoms with E-state index in [1.165, 1.54) is 0 Å². The molecular formula is C17H16N4O2. The van der Waals surface area contributed by atoms with Gasteiger partial charge in [0, 0.05) is 37.9 Å². The lowest BCUT2D eigenvalue weighted by Crippen LogP contribution is -2.50. The SMILES string of the molecule is N#Cc1cccc(C(=O)N2CCN(C(=O)c3ccc[nH]3)CC2)c1. The Labute approximate surface area is 133 Å². The Bertz CT molecular complexity index is 753. The van der Waals surface area contributed by atoms with Crippen LogP contribution in [0.5, 0.6) is 0 Å². The maximum absolute atomic E-state index is 12.5. The molecule has 1 aromatic carbocycles. The summed E-state index contributed by atoms with van der Waals surface area (Å²) in [5, 5.41) is 8.92. The van der Waals surface area contributed by atoms with Crippen LogP contribution < -0.4 is 0 Å². The normalized spacial score (nSPS) is 14.4. The maximum atomic E-state index is 12.5. The largest absolute Gasteiger partial charge is 0.357 e. The fourth-order valence-corrected chi connectivity index (χ4v) is 2.65. The number of carbonyl (C=O) groups excluding carboxylic acids is 2. The molecule has 23 heavy (non-hydrogen) atoms. The van der Waals surface area contributed by atoms with Crippen molar-refractivity contribution in [3.63, 3.8) is 0 Å². The van der Waals surface area contributed by atoms with Crippen molar-refractivity contribution >= 4 is 11.8 Å². The van der Waals surface area contributed by atoms with Gasteiger partial charge in [0.05, 0.1) is 11.6 Å². The van der Waals surface area contributed by atoms with E-state index in [-0.39, 0.29) is 11.8 Å². The van der Waals surface area contributed by atoms with Crippen LogP contribution in [0.2, 0.25) is 0 Å². The van der Waals surface area contributed by atoms with E-state index in [2.05, 4.69) is 4.98 Å². The second kappa shape index (κ2) is 6.36. The Kier molecular flexibility index (Phi) is 4.11. The van der Waals surface area contributed by atoms with Crippen molar-refractivity contribution in [1.82, 2.24) is 14.8 Å². The fraction of sp³-hybridized carbons (Fsp3) is 0.235. The van der Waals surface area contributed by atoms with Gasteiger partial charge in [-0.25, -0.2) is 0 Å². The molecule has 2 aromatic rings. The van der Waals surface area contributed by atoms with Crippen molar-refractivity contribution in [2.45, 2.75) is 0 Å². The van der Waals surface area contributed by atoms with Gasteiger partial charge in [-0.3, -0.25) is 9.59 Å². The van der Waals surface area contributed by atoms with Crippen LogP contribution in [0.25, 0.3) is 0 Å². The van der Waals surface area contributed by atoms with Gasteiger partial charge < -0.3 is 14.8 Å². The molecular weight excluding hydrogens is 292 g/mol. The molecule has 6 nitrogen and oxygen atoms in total. The molecule has 0 aliphatic carbocycles. The first-order chi connectivity index (χ1) is 11.2. The molecule has 0 unspecified atom stereocenters. The number of aromatic amines is 1. The molecule has 2 amide bonds. The minimum absolute atomic E-state index is 0.0476. The highest BCUT2D eigenvalue weighted by molar-refractivity contribution is 5.95. The van der Waals surface area contributed by atoms with E-state index >= 15 is 0 Å². The maximum Gasteiger partial charge on any atom is 0.270 e. The number of nitriles is 1. The molecule has 1 saturated heterocycles. The Hall–Kier alpha value is -3.07. The number of hydrogen-bond donors (Lipinski definition) is 1. The van der Waals surface area contributed by atoms with E-state index in [0.29, 0.717) is 43.0 Å². The molecule has 0 spiro atoms. The van der Waals surface area contributed by atoms with Gasteiger partial charge >= 0.3 is 0 Å². The highest BCUT2D eigenvalue weighted by Gasteiger charge is 2.25. The van der Waals surface area contributed by atoms with Crippen LogP contribution in [0.3, 0.4) is 0 Å². The Balaban J connectivity index is 1.63. The van der Waals surface area contributed by atoms with Crippen molar-refractivity contribution < 1.29 is 9.59 Å². The van der Waals surface area contributed by atoms with Gasteiger partial charge in [0.25, 0.3) is 11.8 Å². The van der Waals surface area contributed by atoms with E-state index in [1.54, 1.807) is 52.4 Å². The van der Waals surface area contributed by atoms with Crippen LogP contribution in [-0.2, 0) is 0 Å². The number of aromatic nitrogens is 1. The van der Waals surface area contributed by atoms with Crippen LogP contribution >= 0.6 is 0 Å². The third-order valence-corrected chi connectivity index (χ3v) is 3.92. The summed E-state index contributed by atoms with van der Waals surface area (Å²) in [5.74, 6) is -0.150. The summed E-state index contributed by atoms with van der Waals surface area (Å²) in [6.07, 6.45) is 1.72. The van der Waals surface area contributed by atoms with E-state index < -0.39 is 0 Å². The Morgan fingerprint density at radius 1 is 1.00 bits per heavy atom. The van der Waals surface area contributed by atoms with Crippen molar-refractivity contribution in [2.24, 2.45) is 0 Å². The van der Waals surface area contributed by atoms with Crippen molar-refractivity contribution in [3.8, 4) is 6.07 Å². The molecule has 3 rings (SSSR count). The summed E-state index contributed by atoms with van der Waals surface area (Å²) in [6.45, 7) is 1.98. The second-order valence-corrected chi connectivity index (χ2v) is 5.36. The van der Waals surface area contributed by atoms with Crippen LogP contribution in [0.4, 0.5) is 0 Å². The number of benzene rings is 1. The third kappa shape index (κ3) is 3.09. The molecule has 6 heteroatoms. The van der Waals surface area contributed by atoms with Gasteiger partial charge in [-0.15, -0.1) is 0 Å². The standard InChI is InChI=1S/C17H16N4O2/c18-12-13-3-1-4-14(11-13)16(22)20-7-9-21(10-8-20)17(23)15-5-2-6-19-15/h1-6,11,19H,7-10H2. The molecule has 0 atom stereocenters. The first kappa shape index (κ1) is 14.9. The molecule has 0 bridgehead atoms. The van der Waals surface area contributed by atoms with Gasteiger partial charge in [0.15, 0.2) is 0 Å². The summed E-state index contributed by atoms with van der Waals surface area (Å²) in [5.41, 5.74) is 1.54. The highest BCUT2D eigenvalue weighted by atomic mass is 16.2. The minimum Gasteiger partial charge on any atom is -0.357 e. The Morgan fingerprint density at radius 2 is 1.70 bits per heavy atom. The van der Waals surface area contributed by atoms with Crippen molar-refractivity contribution in [1.29, 1.82) is 5.26 Å². The minimum atomic E-state index is -0.103. The molecule has 116 valence electrons. The van der Waals surface area contributed by atoms with E-state index in [9.17, 15) is 9.59 Å². The molecule has 1 fully saturated rings. The summed E-state index contributed by atoms with van der Waals surface area (Å²) in [6, 6.07) is 12.2. The van der Waals surface area contributed by atoms with Gasteiger partial charge in [-0.2, -0.15) is 5.26 Å². The lowest BCUT2D eigenvalue weighted by atomic mass is 10.1. The number of nitrogens with zero attached hydrogens (tertiary/aromatic N) is 3. The Morgan fingerprint density at radius 3 is 2.30 bits per heavy atom. The number of amides is 2. The topological polar surface area (TPSA) is 80.2 Å². The molecule has 1 aromatic heterocycles. The van der Waals surface area contributed by atoms with Gasteiger partial charge in [0.2, 0.25) is 0 Å². The van der Waals surface area contributed by atoms with Gasteiger partial charge in [0.1, 0.15) is 5.69 Å².